The van der Waals surface area contributed by atoms with Crippen molar-refractivity contribution >= 4 is 17.7 Å². The first-order chi connectivity index (χ1) is 9.38. The van der Waals surface area contributed by atoms with Gasteiger partial charge in [-0.2, -0.15) is 13.2 Å². The van der Waals surface area contributed by atoms with E-state index in [0.29, 0.717) is 18.7 Å². The monoisotopic (exact) mass is 284 g/mol. The second-order valence-electron chi connectivity index (χ2n) is 4.70. The molecule has 0 saturated carbocycles. The van der Waals surface area contributed by atoms with E-state index < -0.39 is 17.6 Å². The Morgan fingerprint density at radius 3 is 2.45 bits per heavy atom. The lowest BCUT2D eigenvalue weighted by Gasteiger charge is -2.23. The molecule has 1 amide bonds. The van der Waals surface area contributed by atoms with E-state index in [-0.39, 0.29) is 5.69 Å². The molecule has 0 radical (unpaired) electrons. The highest BCUT2D eigenvalue weighted by atomic mass is 19.4. The van der Waals surface area contributed by atoms with Crippen LogP contribution in [0.4, 0.5) is 18.9 Å². The molecule has 1 aliphatic rings. The summed E-state index contributed by atoms with van der Waals surface area (Å²) in [5, 5.41) is 0. The molecule has 1 aromatic carbocycles. The molecule has 1 heterocycles. The summed E-state index contributed by atoms with van der Waals surface area (Å²) in [6, 6.07) is 4.06. The molecule has 0 aromatic heterocycles. The molecule has 0 unspecified atom stereocenters. The van der Waals surface area contributed by atoms with Gasteiger partial charge in [-0.15, -0.1) is 0 Å². The zero-order valence-corrected chi connectivity index (χ0v) is 10.8. The number of carbonyl (C=O) groups excluding carboxylic acids is 1. The molecule has 3 nitrogen and oxygen atoms in total. The normalized spacial score (nSPS) is 16.1. The summed E-state index contributed by atoms with van der Waals surface area (Å²) in [7, 11) is 0. The molecule has 1 saturated heterocycles. The zero-order valence-electron chi connectivity index (χ0n) is 10.8. The fraction of sp³-hybridized carbons (Fsp3) is 0.357. The molecule has 6 heteroatoms. The predicted octanol–water partition coefficient (Wildman–Crippen LogP) is 2.80. The van der Waals surface area contributed by atoms with Crippen molar-refractivity contribution in [3.63, 3.8) is 0 Å². The molecule has 0 atom stereocenters. The van der Waals surface area contributed by atoms with Crippen molar-refractivity contribution in [1.82, 2.24) is 0 Å². The summed E-state index contributed by atoms with van der Waals surface area (Å²) in [6.45, 7) is 1.28. The Kier molecular flexibility index (Phi) is 4.01. The first-order valence-corrected chi connectivity index (χ1v) is 6.31. The number of primary amides is 1. The highest BCUT2D eigenvalue weighted by Crippen LogP contribution is 2.38. The molecule has 1 fully saturated rings. The Balaban J connectivity index is 2.40. The summed E-state index contributed by atoms with van der Waals surface area (Å²) in [5.74, 6) is -0.692. The quantitative estimate of drug-likeness (QED) is 0.868. The molecule has 0 bridgehead atoms. The largest absolute Gasteiger partial charge is 0.418 e. The van der Waals surface area contributed by atoms with E-state index in [1.54, 1.807) is 11.0 Å². The van der Waals surface area contributed by atoms with Gasteiger partial charge in [0.25, 0.3) is 0 Å². The minimum Gasteiger partial charge on any atom is -0.371 e. The van der Waals surface area contributed by atoms with Gasteiger partial charge in [-0.1, -0.05) is 6.07 Å². The van der Waals surface area contributed by atoms with Crippen molar-refractivity contribution in [2.45, 2.75) is 19.0 Å². The number of halogens is 3. The number of benzene rings is 1. The molecule has 2 N–H and O–H groups in total. The van der Waals surface area contributed by atoms with Gasteiger partial charge in [0.1, 0.15) is 0 Å². The number of rotatable bonds is 3. The molecule has 1 aliphatic heterocycles. The lowest BCUT2D eigenvalue weighted by Crippen LogP contribution is -2.22. The summed E-state index contributed by atoms with van der Waals surface area (Å²) < 4.78 is 39.4. The standard InChI is InChI=1S/C14H15F3N2O/c15-14(16,17)11-9-10(4-6-13(18)20)3-5-12(11)19-7-1-2-8-19/h3-6,9H,1-2,7-8H2,(H2,18,20)/b6-4-. The average molecular weight is 284 g/mol. The third-order valence-corrected chi connectivity index (χ3v) is 3.21. The van der Waals surface area contributed by atoms with Crippen LogP contribution >= 0.6 is 0 Å². The number of amides is 1. The van der Waals surface area contributed by atoms with Crippen LogP contribution in [0.15, 0.2) is 24.3 Å². The number of nitrogens with zero attached hydrogens (tertiary/aromatic N) is 1. The van der Waals surface area contributed by atoms with E-state index in [1.807, 2.05) is 0 Å². The van der Waals surface area contributed by atoms with Crippen LogP contribution in [0.1, 0.15) is 24.0 Å². The van der Waals surface area contributed by atoms with Gasteiger partial charge in [0.2, 0.25) is 5.91 Å². The van der Waals surface area contributed by atoms with Gasteiger partial charge in [-0.05, 0) is 36.6 Å². The smallest absolute Gasteiger partial charge is 0.371 e. The molecular weight excluding hydrogens is 269 g/mol. The molecule has 108 valence electrons. The van der Waals surface area contributed by atoms with E-state index in [4.69, 9.17) is 5.73 Å². The Hall–Kier alpha value is -1.98. The maximum absolute atomic E-state index is 13.1. The predicted molar refractivity (Wildman–Crippen MR) is 71.1 cm³/mol. The Labute approximate surface area is 114 Å². The number of hydrogen-bond donors (Lipinski definition) is 1. The lowest BCUT2D eigenvalue weighted by atomic mass is 10.1. The van der Waals surface area contributed by atoms with Crippen molar-refractivity contribution in [3.8, 4) is 0 Å². The second kappa shape index (κ2) is 5.56. The topological polar surface area (TPSA) is 46.3 Å². The molecule has 1 aromatic rings. The molecule has 20 heavy (non-hydrogen) atoms. The number of anilines is 1. The number of hydrogen-bond acceptors (Lipinski definition) is 2. The van der Waals surface area contributed by atoms with Crippen molar-refractivity contribution in [2.24, 2.45) is 5.73 Å². The Morgan fingerprint density at radius 2 is 1.90 bits per heavy atom. The van der Waals surface area contributed by atoms with E-state index in [0.717, 1.165) is 25.0 Å². The van der Waals surface area contributed by atoms with Crippen LogP contribution in [0.3, 0.4) is 0 Å². The van der Waals surface area contributed by atoms with Crippen LogP contribution in [0.5, 0.6) is 0 Å². The lowest BCUT2D eigenvalue weighted by molar-refractivity contribution is -0.137. The highest BCUT2D eigenvalue weighted by molar-refractivity contribution is 5.90. The first kappa shape index (κ1) is 14.4. The number of carbonyl (C=O) groups is 1. The summed E-state index contributed by atoms with van der Waals surface area (Å²) in [6.07, 6.45) is -0.286. The maximum atomic E-state index is 13.1. The Morgan fingerprint density at radius 1 is 1.25 bits per heavy atom. The summed E-state index contributed by atoms with van der Waals surface area (Å²) in [5.41, 5.74) is 4.77. The van der Waals surface area contributed by atoms with Crippen molar-refractivity contribution in [3.05, 3.63) is 35.4 Å². The molecule has 2 rings (SSSR count). The van der Waals surface area contributed by atoms with Gasteiger partial charge in [0.15, 0.2) is 0 Å². The van der Waals surface area contributed by atoms with Crippen molar-refractivity contribution in [1.29, 1.82) is 0 Å². The van der Waals surface area contributed by atoms with Gasteiger partial charge in [0.05, 0.1) is 5.56 Å². The third-order valence-electron chi connectivity index (χ3n) is 3.21. The Bertz CT molecular complexity index is 532. The fourth-order valence-electron chi connectivity index (χ4n) is 2.30. The minimum atomic E-state index is -4.42. The van der Waals surface area contributed by atoms with Crippen molar-refractivity contribution < 1.29 is 18.0 Å². The van der Waals surface area contributed by atoms with Crippen LogP contribution in [0.2, 0.25) is 0 Å². The maximum Gasteiger partial charge on any atom is 0.418 e. The molecule has 0 spiro atoms. The average Bonchev–Trinajstić information content (AvgIpc) is 2.88. The van der Waals surface area contributed by atoms with Gasteiger partial charge in [0, 0.05) is 24.9 Å². The SMILES string of the molecule is NC(=O)/C=C\c1ccc(N2CCCC2)c(C(F)(F)F)c1. The highest BCUT2D eigenvalue weighted by Gasteiger charge is 2.35. The van der Waals surface area contributed by atoms with E-state index in [2.05, 4.69) is 0 Å². The van der Waals surface area contributed by atoms with Crippen LogP contribution < -0.4 is 10.6 Å². The van der Waals surface area contributed by atoms with Gasteiger partial charge < -0.3 is 10.6 Å². The van der Waals surface area contributed by atoms with E-state index >= 15 is 0 Å². The van der Waals surface area contributed by atoms with Crippen LogP contribution in [0.25, 0.3) is 6.08 Å². The molecular formula is C14H15F3N2O. The van der Waals surface area contributed by atoms with Crippen LogP contribution in [-0.4, -0.2) is 19.0 Å². The summed E-state index contributed by atoms with van der Waals surface area (Å²) in [4.78, 5) is 12.4. The van der Waals surface area contributed by atoms with Gasteiger partial charge in [-0.3, -0.25) is 4.79 Å². The number of nitrogens with two attached hydrogens (primary N) is 1. The minimum absolute atomic E-state index is 0.200. The molecule has 0 aliphatic carbocycles. The van der Waals surface area contributed by atoms with Crippen LogP contribution in [-0.2, 0) is 11.0 Å². The van der Waals surface area contributed by atoms with Gasteiger partial charge in [-0.25, -0.2) is 0 Å². The van der Waals surface area contributed by atoms with Crippen molar-refractivity contribution in [2.75, 3.05) is 18.0 Å². The van der Waals surface area contributed by atoms with Gasteiger partial charge >= 0.3 is 6.18 Å². The van der Waals surface area contributed by atoms with E-state index in [1.165, 1.54) is 12.1 Å². The van der Waals surface area contributed by atoms with E-state index in [9.17, 15) is 18.0 Å². The second-order valence-corrected chi connectivity index (χ2v) is 4.70. The first-order valence-electron chi connectivity index (χ1n) is 6.31. The zero-order chi connectivity index (χ0) is 14.8. The third kappa shape index (κ3) is 3.31. The fourth-order valence-corrected chi connectivity index (χ4v) is 2.30. The number of alkyl halides is 3. The van der Waals surface area contributed by atoms with Crippen LogP contribution in [0, 0.1) is 0 Å². The summed E-state index contributed by atoms with van der Waals surface area (Å²) >= 11 is 0.